The van der Waals surface area contributed by atoms with Crippen molar-refractivity contribution < 1.29 is 4.39 Å². The molecule has 0 radical (unpaired) electrons. The highest BCUT2D eigenvalue weighted by Gasteiger charge is 2.05. The quantitative estimate of drug-likeness (QED) is 0.748. The third-order valence-electron chi connectivity index (χ3n) is 1.93. The van der Waals surface area contributed by atoms with E-state index in [-0.39, 0.29) is 0 Å². The lowest BCUT2D eigenvalue weighted by Gasteiger charge is -2.16. The van der Waals surface area contributed by atoms with E-state index in [2.05, 4.69) is 31.1 Å². The molecule has 0 aliphatic rings. The van der Waals surface area contributed by atoms with Crippen molar-refractivity contribution in [3.63, 3.8) is 0 Å². The number of nitrogens with zero attached hydrogens (tertiary/aromatic N) is 1. The van der Waals surface area contributed by atoms with Gasteiger partial charge in [-0.3, -0.25) is 0 Å². The van der Waals surface area contributed by atoms with Crippen molar-refractivity contribution in [1.29, 1.82) is 0 Å². The topological polar surface area (TPSA) is 24.9 Å². The lowest BCUT2D eigenvalue weighted by Crippen LogP contribution is -2.18. The van der Waals surface area contributed by atoms with Crippen LogP contribution in [-0.2, 0) is 0 Å². The van der Waals surface area contributed by atoms with Crippen molar-refractivity contribution in [2.24, 2.45) is 5.92 Å². The second-order valence-electron chi connectivity index (χ2n) is 4.02. The van der Waals surface area contributed by atoms with Crippen molar-refractivity contribution in [2.45, 2.75) is 33.2 Å². The lowest BCUT2D eigenvalue weighted by molar-refractivity contribution is 0.536. The fourth-order valence-electron chi connectivity index (χ4n) is 1.51. The molecule has 0 aliphatic carbocycles. The number of hydrogen-bond acceptors (Lipinski definition) is 2. The number of rotatable bonds is 4. The first-order valence-electron chi connectivity index (χ1n) is 4.97. The SMILES string of the molecule is CC(C)CC(C)Nc1cccc(F)n1. The minimum atomic E-state index is -0.438. The predicted octanol–water partition coefficient (Wildman–Crippen LogP) is 3.07. The number of nitrogens with one attached hydrogen (secondary N) is 1. The Hall–Kier alpha value is -1.12. The molecule has 1 aromatic heterocycles. The number of aromatic nitrogens is 1. The van der Waals surface area contributed by atoms with E-state index in [1.807, 2.05) is 0 Å². The molecule has 1 aromatic rings. The normalized spacial score (nSPS) is 12.9. The van der Waals surface area contributed by atoms with Crippen LogP contribution in [0, 0.1) is 11.9 Å². The van der Waals surface area contributed by atoms with Crippen LogP contribution in [0.25, 0.3) is 0 Å². The lowest BCUT2D eigenvalue weighted by atomic mass is 10.1. The highest BCUT2D eigenvalue weighted by molar-refractivity contribution is 5.34. The molecule has 1 heterocycles. The summed E-state index contributed by atoms with van der Waals surface area (Å²) in [5.41, 5.74) is 0. The first kappa shape index (κ1) is 11.0. The van der Waals surface area contributed by atoms with Crippen molar-refractivity contribution in [3.8, 4) is 0 Å². The van der Waals surface area contributed by atoms with E-state index >= 15 is 0 Å². The van der Waals surface area contributed by atoms with Gasteiger partial charge in [0, 0.05) is 6.04 Å². The van der Waals surface area contributed by atoms with Gasteiger partial charge in [-0.1, -0.05) is 19.9 Å². The maximum atomic E-state index is 12.7. The van der Waals surface area contributed by atoms with Gasteiger partial charge in [-0.2, -0.15) is 4.39 Å². The second-order valence-corrected chi connectivity index (χ2v) is 4.02. The second kappa shape index (κ2) is 4.94. The molecule has 0 saturated carbocycles. The summed E-state index contributed by atoms with van der Waals surface area (Å²) in [4.78, 5) is 3.74. The highest BCUT2D eigenvalue weighted by atomic mass is 19.1. The molecule has 0 bridgehead atoms. The summed E-state index contributed by atoms with van der Waals surface area (Å²) < 4.78 is 12.7. The van der Waals surface area contributed by atoms with Gasteiger partial charge in [-0.15, -0.1) is 0 Å². The van der Waals surface area contributed by atoms with Crippen LogP contribution in [-0.4, -0.2) is 11.0 Å². The van der Waals surface area contributed by atoms with Gasteiger partial charge in [0.25, 0.3) is 0 Å². The van der Waals surface area contributed by atoms with Gasteiger partial charge in [-0.05, 0) is 31.4 Å². The zero-order valence-corrected chi connectivity index (χ0v) is 8.92. The minimum Gasteiger partial charge on any atom is -0.368 e. The van der Waals surface area contributed by atoms with Crippen molar-refractivity contribution in [2.75, 3.05) is 5.32 Å². The molecule has 0 aromatic carbocycles. The monoisotopic (exact) mass is 196 g/mol. The zero-order chi connectivity index (χ0) is 10.6. The molecule has 1 unspecified atom stereocenters. The van der Waals surface area contributed by atoms with Crippen LogP contribution in [0.1, 0.15) is 27.2 Å². The van der Waals surface area contributed by atoms with E-state index in [1.54, 1.807) is 12.1 Å². The van der Waals surface area contributed by atoms with Crippen molar-refractivity contribution in [1.82, 2.24) is 4.98 Å². The number of hydrogen-bond donors (Lipinski definition) is 1. The van der Waals surface area contributed by atoms with E-state index in [0.29, 0.717) is 17.8 Å². The third kappa shape index (κ3) is 3.73. The Bertz CT molecular complexity index is 286. The summed E-state index contributed by atoms with van der Waals surface area (Å²) in [5.74, 6) is 0.802. The van der Waals surface area contributed by atoms with Crippen LogP contribution < -0.4 is 5.32 Å². The molecule has 1 rings (SSSR count). The fourth-order valence-corrected chi connectivity index (χ4v) is 1.51. The molecule has 1 atom stereocenters. The largest absolute Gasteiger partial charge is 0.368 e. The third-order valence-corrected chi connectivity index (χ3v) is 1.93. The standard InChI is InChI=1S/C11H17FN2/c1-8(2)7-9(3)13-11-6-4-5-10(12)14-11/h4-6,8-9H,7H2,1-3H3,(H,13,14). The van der Waals surface area contributed by atoms with Crippen molar-refractivity contribution in [3.05, 3.63) is 24.1 Å². The molecule has 2 nitrogen and oxygen atoms in total. The van der Waals surface area contributed by atoms with Gasteiger partial charge >= 0.3 is 0 Å². The van der Waals surface area contributed by atoms with E-state index in [0.717, 1.165) is 6.42 Å². The van der Waals surface area contributed by atoms with E-state index in [4.69, 9.17) is 0 Å². The van der Waals surface area contributed by atoms with Crippen LogP contribution in [0.5, 0.6) is 0 Å². The molecule has 78 valence electrons. The fraction of sp³-hybridized carbons (Fsp3) is 0.545. The van der Waals surface area contributed by atoms with Crippen molar-refractivity contribution >= 4 is 5.82 Å². The first-order valence-corrected chi connectivity index (χ1v) is 4.97. The predicted molar refractivity (Wildman–Crippen MR) is 56.7 cm³/mol. The Kier molecular flexibility index (Phi) is 3.86. The molecule has 0 aliphatic heterocycles. The van der Waals surface area contributed by atoms with E-state index in [1.165, 1.54) is 6.07 Å². The maximum absolute atomic E-state index is 12.7. The van der Waals surface area contributed by atoms with Gasteiger partial charge < -0.3 is 5.32 Å². The summed E-state index contributed by atoms with van der Waals surface area (Å²) in [6.07, 6.45) is 1.05. The molecule has 3 heteroatoms. The zero-order valence-electron chi connectivity index (χ0n) is 8.92. The van der Waals surface area contributed by atoms with Gasteiger partial charge in [-0.25, -0.2) is 4.98 Å². The van der Waals surface area contributed by atoms with Gasteiger partial charge in [0.15, 0.2) is 0 Å². The summed E-state index contributed by atoms with van der Waals surface area (Å²) in [6.45, 7) is 6.40. The molecule has 1 N–H and O–H groups in total. The van der Waals surface area contributed by atoms with Crippen LogP contribution >= 0.6 is 0 Å². The van der Waals surface area contributed by atoms with Crippen LogP contribution in [0.2, 0.25) is 0 Å². The average molecular weight is 196 g/mol. The minimum absolute atomic E-state index is 0.323. The maximum Gasteiger partial charge on any atom is 0.214 e. The van der Waals surface area contributed by atoms with Gasteiger partial charge in [0.05, 0.1) is 0 Å². The average Bonchev–Trinajstić information content (AvgIpc) is 2.01. The first-order chi connectivity index (χ1) is 6.58. The van der Waals surface area contributed by atoms with E-state index in [9.17, 15) is 4.39 Å². The molecular weight excluding hydrogens is 179 g/mol. The van der Waals surface area contributed by atoms with E-state index < -0.39 is 5.95 Å². The Morgan fingerprint density at radius 1 is 1.36 bits per heavy atom. The Balaban J connectivity index is 2.51. The highest BCUT2D eigenvalue weighted by Crippen LogP contribution is 2.10. The molecule has 0 fully saturated rings. The summed E-state index contributed by atoms with van der Waals surface area (Å²) in [6, 6.07) is 5.11. The Morgan fingerprint density at radius 2 is 2.07 bits per heavy atom. The molecule has 14 heavy (non-hydrogen) atoms. The number of pyridine rings is 1. The van der Waals surface area contributed by atoms with Gasteiger partial charge in [0.2, 0.25) is 5.95 Å². The van der Waals surface area contributed by atoms with Crippen LogP contribution in [0.15, 0.2) is 18.2 Å². The Labute approximate surface area is 84.6 Å². The van der Waals surface area contributed by atoms with Crippen LogP contribution in [0.3, 0.4) is 0 Å². The smallest absolute Gasteiger partial charge is 0.214 e. The number of halogens is 1. The molecule has 0 saturated heterocycles. The molecule has 0 amide bonds. The van der Waals surface area contributed by atoms with Crippen LogP contribution in [0.4, 0.5) is 10.2 Å². The summed E-state index contributed by atoms with van der Waals surface area (Å²) >= 11 is 0. The summed E-state index contributed by atoms with van der Waals surface area (Å²) in [7, 11) is 0. The molecule has 0 spiro atoms. The number of anilines is 1. The van der Waals surface area contributed by atoms with Gasteiger partial charge in [0.1, 0.15) is 5.82 Å². The Morgan fingerprint density at radius 3 is 2.64 bits per heavy atom. The molecular formula is C11H17FN2. The summed E-state index contributed by atoms with van der Waals surface area (Å²) in [5, 5.41) is 3.16.